The summed E-state index contributed by atoms with van der Waals surface area (Å²) in [5.74, 6) is -1.09. The number of ether oxygens (including phenoxy) is 2. The van der Waals surface area contributed by atoms with Gasteiger partial charge in [-0.25, -0.2) is 0 Å². The number of hydrogen-bond acceptors (Lipinski definition) is 5. The Balaban J connectivity index is 3.09. The third-order valence-corrected chi connectivity index (χ3v) is 3.03. The van der Waals surface area contributed by atoms with Gasteiger partial charge in [-0.05, 0) is 30.5 Å². The summed E-state index contributed by atoms with van der Waals surface area (Å²) < 4.78 is 9.87. The van der Waals surface area contributed by atoms with Crippen molar-refractivity contribution >= 4 is 11.8 Å². The molecule has 1 aromatic rings. The van der Waals surface area contributed by atoms with Crippen molar-refractivity contribution in [2.75, 3.05) is 14.2 Å². The first-order valence-corrected chi connectivity index (χ1v) is 6.14. The standard InChI is InChI=1S/C15H17NO4/c1-10(17)13(15(18)20-3)9-12-8-11(6-7-16)4-5-14(12)19-2/h4-5,8,13H,6,9H2,1-3H3. The molecule has 0 N–H and O–H groups in total. The second-order valence-corrected chi connectivity index (χ2v) is 4.37. The Morgan fingerprint density at radius 3 is 2.55 bits per heavy atom. The number of nitriles is 1. The number of esters is 1. The fourth-order valence-electron chi connectivity index (χ4n) is 1.95. The Hall–Kier alpha value is -2.35. The van der Waals surface area contributed by atoms with E-state index in [2.05, 4.69) is 10.8 Å². The first-order valence-electron chi connectivity index (χ1n) is 6.14. The number of methoxy groups -OCH3 is 2. The summed E-state index contributed by atoms with van der Waals surface area (Å²) >= 11 is 0. The largest absolute Gasteiger partial charge is 0.496 e. The maximum absolute atomic E-state index is 11.6. The lowest BCUT2D eigenvalue weighted by Crippen LogP contribution is -2.25. The van der Waals surface area contributed by atoms with E-state index in [0.29, 0.717) is 11.3 Å². The molecule has 0 bridgehead atoms. The van der Waals surface area contributed by atoms with Gasteiger partial charge in [-0.2, -0.15) is 5.26 Å². The predicted molar refractivity (Wildman–Crippen MR) is 72.2 cm³/mol. The Bertz CT molecular complexity index is 545. The lowest BCUT2D eigenvalue weighted by molar-refractivity contribution is -0.148. The fourth-order valence-corrected chi connectivity index (χ4v) is 1.95. The minimum atomic E-state index is -0.855. The molecule has 1 rings (SSSR count). The SMILES string of the molecule is COC(=O)C(Cc1cc(CC#N)ccc1OC)C(C)=O. The lowest BCUT2D eigenvalue weighted by atomic mass is 9.94. The van der Waals surface area contributed by atoms with Crippen molar-refractivity contribution in [3.05, 3.63) is 29.3 Å². The van der Waals surface area contributed by atoms with E-state index in [1.807, 2.05) is 0 Å². The average molecular weight is 275 g/mol. The Labute approximate surface area is 118 Å². The van der Waals surface area contributed by atoms with E-state index < -0.39 is 11.9 Å². The van der Waals surface area contributed by atoms with Gasteiger partial charge in [0.15, 0.2) is 0 Å². The van der Waals surface area contributed by atoms with Crippen molar-refractivity contribution in [3.63, 3.8) is 0 Å². The summed E-state index contributed by atoms with van der Waals surface area (Å²) in [5.41, 5.74) is 1.53. The first-order chi connectivity index (χ1) is 9.53. The third kappa shape index (κ3) is 3.82. The van der Waals surface area contributed by atoms with Crippen LogP contribution >= 0.6 is 0 Å². The van der Waals surface area contributed by atoms with Crippen molar-refractivity contribution in [2.45, 2.75) is 19.8 Å². The summed E-state index contributed by atoms with van der Waals surface area (Å²) in [6, 6.07) is 7.35. The summed E-state index contributed by atoms with van der Waals surface area (Å²) in [6.45, 7) is 1.35. The fraction of sp³-hybridized carbons (Fsp3) is 0.400. The van der Waals surface area contributed by atoms with Crippen LogP contribution in [0.2, 0.25) is 0 Å². The second-order valence-electron chi connectivity index (χ2n) is 4.37. The topological polar surface area (TPSA) is 76.4 Å². The molecule has 106 valence electrons. The van der Waals surface area contributed by atoms with Crippen LogP contribution in [0.25, 0.3) is 0 Å². The zero-order valence-corrected chi connectivity index (χ0v) is 11.8. The summed E-state index contributed by atoms with van der Waals surface area (Å²) in [5, 5.41) is 8.72. The van der Waals surface area contributed by atoms with E-state index in [1.54, 1.807) is 18.2 Å². The molecule has 0 saturated carbocycles. The van der Waals surface area contributed by atoms with E-state index in [0.717, 1.165) is 5.56 Å². The molecular weight excluding hydrogens is 258 g/mol. The molecular formula is C15H17NO4. The maximum Gasteiger partial charge on any atom is 0.316 e. The van der Waals surface area contributed by atoms with Crippen LogP contribution in [0, 0.1) is 17.2 Å². The molecule has 0 radical (unpaired) electrons. The molecule has 0 saturated heterocycles. The van der Waals surface area contributed by atoms with E-state index in [4.69, 9.17) is 10.00 Å². The highest BCUT2D eigenvalue weighted by molar-refractivity contribution is 5.98. The van der Waals surface area contributed by atoms with Crippen LogP contribution in [-0.2, 0) is 27.2 Å². The van der Waals surface area contributed by atoms with Crippen molar-refractivity contribution < 1.29 is 19.1 Å². The Morgan fingerprint density at radius 2 is 2.05 bits per heavy atom. The van der Waals surface area contributed by atoms with Crippen LogP contribution in [0.15, 0.2) is 18.2 Å². The number of rotatable bonds is 6. The quantitative estimate of drug-likeness (QED) is 0.583. The molecule has 0 aliphatic heterocycles. The van der Waals surface area contributed by atoms with Crippen LogP contribution in [0.4, 0.5) is 0 Å². The van der Waals surface area contributed by atoms with Crippen LogP contribution in [-0.4, -0.2) is 26.0 Å². The smallest absolute Gasteiger partial charge is 0.316 e. The molecule has 5 nitrogen and oxygen atoms in total. The molecule has 20 heavy (non-hydrogen) atoms. The zero-order chi connectivity index (χ0) is 15.1. The van der Waals surface area contributed by atoms with Crippen molar-refractivity contribution in [3.8, 4) is 11.8 Å². The molecule has 0 aliphatic rings. The van der Waals surface area contributed by atoms with E-state index >= 15 is 0 Å². The van der Waals surface area contributed by atoms with Gasteiger partial charge in [0.1, 0.15) is 17.5 Å². The molecule has 0 aromatic heterocycles. The number of ketones is 1. The van der Waals surface area contributed by atoms with Gasteiger partial charge in [0.2, 0.25) is 0 Å². The van der Waals surface area contributed by atoms with Crippen LogP contribution in [0.5, 0.6) is 5.75 Å². The molecule has 5 heteroatoms. The van der Waals surface area contributed by atoms with E-state index in [1.165, 1.54) is 21.1 Å². The number of carbonyl (C=O) groups excluding carboxylic acids is 2. The minimum absolute atomic E-state index is 0.199. The summed E-state index contributed by atoms with van der Waals surface area (Å²) in [6.07, 6.45) is 0.463. The minimum Gasteiger partial charge on any atom is -0.496 e. The lowest BCUT2D eigenvalue weighted by Gasteiger charge is -2.14. The summed E-state index contributed by atoms with van der Waals surface area (Å²) in [7, 11) is 2.77. The first kappa shape index (κ1) is 15.7. The summed E-state index contributed by atoms with van der Waals surface area (Å²) in [4.78, 5) is 23.2. The molecule has 0 spiro atoms. The highest BCUT2D eigenvalue weighted by Crippen LogP contribution is 2.24. The molecule has 0 fully saturated rings. The van der Waals surface area contributed by atoms with Gasteiger partial charge in [0.25, 0.3) is 0 Å². The molecule has 0 heterocycles. The van der Waals surface area contributed by atoms with Gasteiger partial charge >= 0.3 is 5.97 Å². The number of nitrogens with zero attached hydrogens (tertiary/aromatic N) is 1. The van der Waals surface area contributed by atoms with Crippen molar-refractivity contribution in [1.82, 2.24) is 0 Å². The number of Topliss-reactive ketones (excluding diaryl/α,β-unsaturated/α-hetero) is 1. The normalized spacial score (nSPS) is 11.3. The molecule has 1 unspecified atom stereocenters. The van der Waals surface area contributed by atoms with Gasteiger partial charge in [-0.15, -0.1) is 0 Å². The van der Waals surface area contributed by atoms with Crippen molar-refractivity contribution in [1.29, 1.82) is 5.26 Å². The molecule has 0 amide bonds. The number of benzene rings is 1. The Morgan fingerprint density at radius 1 is 1.35 bits per heavy atom. The van der Waals surface area contributed by atoms with E-state index in [-0.39, 0.29) is 18.6 Å². The molecule has 1 aromatic carbocycles. The average Bonchev–Trinajstić information content (AvgIpc) is 2.44. The van der Waals surface area contributed by atoms with Crippen LogP contribution in [0.3, 0.4) is 0 Å². The van der Waals surface area contributed by atoms with Crippen molar-refractivity contribution in [2.24, 2.45) is 5.92 Å². The predicted octanol–water partition coefficient (Wildman–Crippen LogP) is 1.68. The number of carbonyl (C=O) groups is 2. The maximum atomic E-state index is 11.6. The highest BCUT2D eigenvalue weighted by atomic mass is 16.5. The Kier molecular flexibility index (Phi) is 5.73. The third-order valence-electron chi connectivity index (χ3n) is 3.03. The highest BCUT2D eigenvalue weighted by Gasteiger charge is 2.25. The monoisotopic (exact) mass is 275 g/mol. The molecule has 0 aliphatic carbocycles. The van der Waals surface area contributed by atoms with E-state index in [9.17, 15) is 9.59 Å². The van der Waals surface area contributed by atoms with Gasteiger partial charge in [-0.1, -0.05) is 12.1 Å². The zero-order valence-electron chi connectivity index (χ0n) is 11.8. The van der Waals surface area contributed by atoms with Gasteiger partial charge in [-0.3, -0.25) is 9.59 Å². The van der Waals surface area contributed by atoms with Crippen LogP contribution in [0.1, 0.15) is 18.1 Å². The molecule has 1 atom stereocenters. The second kappa shape index (κ2) is 7.29. The van der Waals surface area contributed by atoms with Gasteiger partial charge < -0.3 is 9.47 Å². The van der Waals surface area contributed by atoms with Gasteiger partial charge in [0.05, 0.1) is 26.7 Å². The van der Waals surface area contributed by atoms with Crippen LogP contribution < -0.4 is 4.74 Å². The van der Waals surface area contributed by atoms with Gasteiger partial charge in [0, 0.05) is 0 Å². The number of hydrogen-bond donors (Lipinski definition) is 0.